The van der Waals surface area contributed by atoms with Gasteiger partial charge in [0.05, 0.1) is 0 Å². The number of amides is 2. The van der Waals surface area contributed by atoms with Gasteiger partial charge in [0.1, 0.15) is 0 Å². The summed E-state index contributed by atoms with van der Waals surface area (Å²) >= 11 is 0. The van der Waals surface area contributed by atoms with Crippen LogP contribution < -0.4 is 5.32 Å². The van der Waals surface area contributed by atoms with Crippen molar-refractivity contribution in [1.82, 2.24) is 10.2 Å². The molecule has 5 heteroatoms. The molecule has 0 unspecified atom stereocenters. The van der Waals surface area contributed by atoms with Crippen molar-refractivity contribution < 1.29 is 16.1 Å². The fraction of sp³-hybridized carbons (Fsp3) is 0.895. The first kappa shape index (κ1) is 25.1. The largest absolute Gasteiger partial charge is 0.396 e. The lowest BCUT2D eigenvalue weighted by atomic mass is 10.1. The Morgan fingerprint density at radius 2 is 1.54 bits per heavy atom. The Hall–Kier alpha value is -1.10. The van der Waals surface area contributed by atoms with E-state index in [-0.39, 0.29) is 25.8 Å². The molecule has 0 spiro atoms. The standard InChI is InChI=1S/C17H34N2O3.C2H6.H2/c1-15(2)17(22)19(3)13-9-7-5-4-6-8-11-16(21)18-12-10-14-20;1-2;/h15,20H,4-14H2,1-3H3,(H,18,21);1-2H3;1H. The maximum Gasteiger partial charge on any atom is 0.224 e. The van der Waals surface area contributed by atoms with Crippen molar-refractivity contribution in [3.05, 3.63) is 0 Å². The molecule has 0 rings (SSSR count). The summed E-state index contributed by atoms with van der Waals surface area (Å²) in [5.41, 5.74) is 0. The average Bonchev–Trinajstić information content (AvgIpc) is 2.58. The molecule has 0 bridgehead atoms. The molecule has 0 saturated carbocycles. The summed E-state index contributed by atoms with van der Waals surface area (Å²) < 4.78 is 0. The van der Waals surface area contributed by atoms with Crippen molar-refractivity contribution in [3.63, 3.8) is 0 Å². The molecule has 24 heavy (non-hydrogen) atoms. The summed E-state index contributed by atoms with van der Waals surface area (Å²) in [5.74, 6) is 0.378. The first-order valence-electron chi connectivity index (χ1n) is 9.61. The molecule has 146 valence electrons. The molecule has 0 aromatic heterocycles. The van der Waals surface area contributed by atoms with E-state index in [1.807, 2.05) is 39.6 Å². The predicted molar refractivity (Wildman–Crippen MR) is 103 cm³/mol. The second-order valence-electron chi connectivity index (χ2n) is 6.21. The van der Waals surface area contributed by atoms with Gasteiger partial charge in [0, 0.05) is 40.5 Å². The molecule has 0 fully saturated rings. The van der Waals surface area contributed by atoms with Crippen LogP contribution >= 0.6 is 0 Å². The van der Waals surface area contributed by atoms with Crippen LogP contribution in [0.5, 0.6) is 0 Å². The van der Waals surface area contributed by atoms with E-state index in [0.717, 1.165) is 45.1 Å². The second-order valence-corrected chi connectivity index (χ2v) is 6.21. The lowest BCUT2D eigenvalue weighted by molar-refractivity contribution is -0.133. The Balaban J connectivity index is -0.00000155. The number of carbonyl (C=O) groups excluding carboxylic acids is 2. The summed E-state index contributed by atoms with van der Waals surface area (Å²) in [6, 6.07) is 0. The fourth-order valence-electron chi connectivity index (χ4n) is 2.29. The van der Waals surface area contributed by atoms with Gasteiger partial charge in [0.15, 0.2) is 0 Å². The molecule has 2 amide bonds. The van der Waals surface area contributed by atoms with Crippen LogP contribution in [-0.4, -0.2) is 48.6 Å². The molecule has 0 aliphatic heterocycles. The van der Waals surface area contributed by atoms with Gasteiger partial charge in [0.25, 0.3) is 0 Å². The minimum atomic E-state index is 0. The van der Waals surface area contributed by atoms with E-state index in [4.69, 9.17) is 5.11 Å². The summed E-state index contributed by atoms with van der Waals surface area (Å²) in [4.78, 5) is 24.9. The van der Waals surface area contributed by atoms with Gasteiger partial charge >= 0.3 is 0 Å². The van der Waals surface area contributed by atoms with Crippen LogP contribution in [0.2, 0.25) is 0 Å². The Morgan fingerprint density at radius 1 is 1.00 bits per heavy atom. The molecular formula is C19H42N2O3. The highest BCUT2D eigenvalue weighted by Crippen LogP contribution is 2.08. The molecule has 5 nitrogen and oxygen atoms in total. The zero-order valence-electron chi connectivity index (χ0n) is 16.6. The summed E-state index contributed by atoms with van der Waals surface area (Å²) in [6.07, 6.45) is 7.71. The monoisotopic (exact) mass is 346 g/mol. The van der Waals surface area contributed by atoms with Crippen LogP contribution in [-0.2, 0) is 9.59 Å². The Labute approximate surface area is 150 Å². The van der Waals surface area contributed by atoms with Crippen LogP contribution in [0.25, 0.3) is 0 Å². The van der Waals surface area contributed by atoms with Gasteiger partial charge in [-0.25, -0.2) is 0 Å². The van der Waals surface area contributed by atoms with E-state index in [2.05, 4.69) is 5.32 Å². The van der Waals surface area contributed by atoms with Gasteiger partial charge in [-0.05, 0) is 19.3 Å². The highest BCUT2D eigenvalue weighted by molar-refractivity contribution is 5.77. The number of nitrogens with one attached hydrogen (secondary N) is 1. The van der Waals surface area contributed by atoms with Crippen LogP contribution in [0, 0.1) is 5.92 Å². The van der Waals surface area contributed by atoms with E-state index in [0.29, 0.717) is 19.4 Å². The average molecular weight is 347 g/mol. The lowest BCUT2D eigenvalue weighted by Gasteiger charge is -2.19. The maximum absolute atomic E-state index is 11.7. The first-order chi connectivity index (χ1) is 11.5. The van der Waals surface area contributed by atoms with Crippen LogP contribution in [0.15, 0.2) is 0 Å². The number of unbranched alkanes of at least 4 members (excludes halogenated alkanes) is 5. The molecule has 2 N–H and O–H groups in total. The lowest BCUT2D eigenvalue weighted by Crippen LogP contribution is -2.31. The Bertz CT molecular complexity index is 313. The molecule has 0 aliphatic rings. The number of hydrogen-bond donors (Lipinski definition) is 2. The van der Waals surface area contributed by atoms with Crippen LogP contribution in [0.3, 0.4) is 0 Å². The molecule has 0 atom stereocenters. The molecule has 0 aromatic rings. The number of aliphatic hydroxyl groups excluding tert-OH is 1. The number of aliphatic hydroxyl groups is 1. The SMILES string of the molecule is CC.CC(C)C(=O)N(C)CCCCCCCCC(=O)NCCCO.[HH]. The highest BCUT2D eigenvalue weighted by Gasteiger charge is 2.11. The van der Waals surface area contributed by atoms with Gasteiger partial charge < -0.3 is 15.3 Å². The molecular weight excluding hydrogens is 304 g/mol. The van der Waals surface area contributed by atoms with Gasteiger partial charge in [-0.1, -0.05) is 53.4 Å². The third kappa shape index (κ3) is 15.8. The van der Waals surface area contributed by atoms with Crippen LogP contribution in [0.4, 0.5) is 0 Å². The summed E-state index contributed by atoms with van der Waals surface area (Å²) in [5, 5.41) is 11.4. The van der Waals surface area contributed by atoms with Crippen molar-refractivity contribution in [3.8, 4) is 0 Å². The Morgan fingerprint density at radius 3 is 2.08 bits per heavy atom. The van der Waals surface area contributed by atoms with E-state index in [9.17, 15) is 9.59 Å². The van der Waals surface area contributed by atoms with Gasteiger partial charge in [-0.2, -0.15) is 0 Å². The number of hydrogen-bond acceptors (Lipinski definition) is 3. The highest BCUT2D eigenvalue weighted by atomic mass is 16.3. The fourth-order valence-corrected chi connectivity index (χ4v) is 2.29. The van der Waals surface area contributed by atoms with E-state index >= 15 is 0 Å². The normalized spacial score (nSPS) is 10.1. The van der Waals surface area contributed by atoms with Gasteiger partial charge in [0.2, 0.25) is 11.8 Å². The molecule has 0 aromatic carbocycles. The van der Waals surface area contributed by atoms with E-state index in [1.165, 1.54) is 0 Å². The quantitative estimate of drug-likeness (QED) is 0.501. The minimum Gasteiger partial charge on any atom is -0.396 e. The maximum atomic E-state index is 11.7. The zero-order chi connectivity index (χ0) is 18.8. The van der Waals surface area contributed by atoms with Gasteiger partial charge in [-0.3, -0.25) is 9.59 Å². The first-order valence-corrected chi connectivity index (χ1v) is 9.61. The predicted octanol–water partition coefficient (Wildman–Crippen LogP) is 3.60. The minimum absolute atomic E-state index is 0. The van der Waals surface area contributed by atoms with Crippen molar-refractivity contribution in [1.29, 1.82) is 0 Å². The molecule has 0 saturated heterocycles. The Kier molecular flexibility index (Phi) is 19.1. The van der Waals surface area contributed by atoms with Crippen molar-refractivity contribution in [2.75, 3.05) is 26.7 Å². The summed E-state index contributed by atoms with van der Waals surface area (Å²) in [7, 11) is 1.87. The molecule has 0 heterocycles. The third-order valence-corrected chi connectivity index (χ3v) is 3.67. The second kappa shape index (κ2) is 18.2. The van der Waals surface area contributed by atoms with Crippen molar-refractivity contribution in [2.45, 2.75) is 79.1 Å². The number of nitrogens with zero attached hydrogens (tertiary/aromatic N) is 1. The summed E-state index contributed by atoms with van der Waals surface area (Å²) in [6.45, 7) is 9.39. The zero-order valence-corrected chi connectivity index (χ0v) is 16.6. The van der Waals surface area contributed by atoms with E-state index < -0.39 is 0 Å². The van der Waals surface area contributed by atoms with Crippen molar-refractivity contribution >= 4 is 11.8 Å². The molecule has 0 aliphatic carbocycles. The van der Waals surface area contributed by atoms with Crippen molar-refractivity contribution in [2.24, 2.45) is 5.92 Å². The third-order valence-electron chi connectivity index (χ3n) is 3.67. The number of carbonyl (C=O) groups is 2. The molecule has 0 radical (unpaired) electrons. The number of rotatable bonds is 13. The van der Waals surface area contributed by atoms with E-state index in [1.54, 1.807) is 0 Å². The van der Waals surface area contributed by atoms with Gasteiger partial charge in [-0.15, -0.1) is 0 Å². The topological polar surface area (TPSA) is 69.6 Å². The van der Waals surface area contributed by atoms with Crippen LogP contribution in [0.1, 0.15) is 80.5 Å². The smallest absolute Gasteiger partial charge is 0.224 e.